The average molecular weight is 311 g/mol. The van der Waals surface area contributed by atoms with Crippen LogP contribution in [-0.4, -0.2) is 32.6 Å². The van der Waals surface area contributed by atoms with Crippen molar-refractivity contribution >= 4 is 17.2 Å². The second-order valence-electron chi connectivity index (χ2n) is 5.01. The van der Waals surface area contributed by atoms with Crippen LogP contribution in [0.25, 0.3) is 22.2 Å². The number of hydrogen-bond acceptors (Lipinski definition) is 4. The third kappa shape index (κ3) is 2.50. The average Bonchev–Trinajstić information content (AvgIpc) is 2.98. The molecule has 0 unspecified atom stereocenters. The summed E-state index contributed by atoms with van der Waals surface area (Å²) in [5.74, 6) is 2.05. The van der Waals surface area contributed by atoms with Gasteiger partial charge in [0, 0.05) is 22.0 Å². The molecule has 1 aromatic heterocycles. The summed E-state index contributed by atoms with van der Waals surface area (Å²) < 4.78 is 15.9. The Morgan fingerprint density at radius 3 is 2.26 bits per heavy atom. The van der Waals surface area contributed by atoms with Gasteiger partial charge in [-0.25, -0.2) is 0 Å². The Morgan fingerprint density at radius 2 is 1.61 bits per heavy atom. The van der Waals surface area contributed by atoms with Crippen LogP contribution in [0.4, 0.5) is 0 Å². The maximum Gasteiger partial charge on any atom is 0.152 e. The Balaban J connectivity index is 2.29. The summed E-state index contributed by atoms with van der Waals surface area (Å²) in [7, 11) is 4.79. The molecule has 1 heterocycles. The number of aromatic nitrogens is 1. The fraction of sp³-hybridized carbons (Fsp3) is 0.167. The molecule has 0 aliphatic carbocycles. The van der Waals surface area contributed by atoms with Gasteiger partial charge in [-0.05, 0) is 36.4 Å². The minimum Gasteiger partial charge on any atom is -0.497 e. The highest BCUT2D eigenvalue weighted by Gasteiger charge is 2.17. The topological polar surface area (TPSA) is 60.6 Å². The van der Waals surface area contributed by atoms with Crippen molar-refractivity contribution in [3.05, 3.63) is 42.0 Å². The molecule has 0 amide bonds. The van der Waals surface area contributed by atoms with Crippen molar-refractivity contribution in [1.29, 1.82) is 0 Å². The lowest BCUT2D eigenvalue weighted by Gasteiger charge is -2.10. The number of nitrogens with one attached hydrogen (secondary N) is 1. The van der Waals surface area contributed by atoms with Gasteiger partial charge in [-0.3, -0.25) is 4.79 Å². The highest BCUT2D eigenvalue weighted by atomic mass is 16.5. The fourth-order valence-corrected chi connectivity index (χ4v) is 2.66. The molecule has 0 spiro atoms. The van der Waals surface area contributed by atoms with Gasteiger partial charge in [0.2, 0.25) is 0 Å². The minimum absolute atomic E-state index is 0.561. The minimum atomic E-state index is 0.561. The first-order chi connectivity index (χ1) is 11.2. The fourth-order valence-electron chi connectivity index (χ4n) is 2.66. The number of fused-ring (bicyclic) bond motifs is 1. The van der Waals surface area contributed by atoms with E-state index in [1.807, 2.05) is 36.4 Å². The number of hydrogen-bond donors (Lipinski definition) is 1. The third-order valence-electron chi connectivity index (χ3n) is 3.84. The van der Waals surface area contributed by atoms with E-state index < -0.39 is 0 Å². The quantitative estimate of drug-likeness (QED) is 0.730. The second kappa shape index (κ2) is 6.04. The molecule has 23 heavy (non-hydrogen) atoms. The predicted molar refractivity (Wildman–Crippen MR) is 88.8 cm³/mol. The summed E-state index contributed by atoms with van der Waals surface area (Å²) >= 11 is 0. The number of aldehydes is 1. The molecule has 3 aromatic rings. The zero-order chi connectivity index (χ0) is 16.4. The molecule has 5 nitrogen and oxygen atoms in total. The van der Waals surface area contributed by atoms with E-state index in [0.717, 1.165) is 22.8 Å². The molecule has 0 aliphatic heterocycles. The number of rotatable bonds is 5. The smallest absolute Gasteiger partial charge is 0.152 e. The Kier molecular flexibility index (Phi) is 3.93. The maximum atomic E-state index is 11.7. The van der Waals surface area contributed by atoms with Crippen molar-refractivity contribution in [3.63, 3.8) is 0 Å². The summed E-state index contributed by atoms with van der Waals surface area (Å²) in [5, 5.41) is 0.805. The first-order valence-electron chi connectivity index (χ1n) is 7.09. The number of H-pyrrole nitrogens is 1. The van der Waals surface area contributed by atoms with Crippen molar-refractivity contribution in [1.82, 2.24) is 4.98 Å². The van der Waals surface area contributed by atoms with E-state index in [-0.39, 0.29) is 0 Å². The van der Waals surface area contributed by atoms with Crippen LogP contribution in [0, 0.1) is 0 Å². The van der Waals surface area contributed by atoms with Crippen LogP contribution >= 0.6 is 0 Å². The van der Waals surface area contributed by atoms with Gasteiger partial charge in [0.05, 0.1) is 27.0 Å². The van der Waals surface area contributed by atoms with Gasteiger partial charge in [0.15, 0.2) is 6.29 Å². The van der Waals surface area contributed by atoms with Crippen LogP contribution in [0.15, 0.2) is 36.4 Å². The van der Waals surface area contributed by atoms with E-state index in [0.29, 0.717) is 28.5 Å². The van der Waals surface area contributed by atoms with Gasteiger partial charge in [-0.1, -0.05) is 0 Å². The maximum absolute atomic E-state index is 11.7. The first-order valence-corrected chi connectivity index (χ1v) is 7.09. The Bertz CT molecular complexity index is 867. The van der Waals surface area contributed by atoms with E-state index >= 15 is 0 Å². The summed E-state index contributed by atoms with van der Waals surface area (Å²) in [5.41, 5.74) is 2.88. The lowest BCUT2D eigenvalue weighted by molar-refractivity contribution is 0.112. The molecule has 0 atom stereocenters. The normalized spacial score (nSPS) is 10.6. The number of ether oxygens (including phenoxy) is 3. The summed E-state index contributed by atoms with van der Waals surface area (Å²) in [4.78, 5) is 15.0. The zero-order valence-corrected chi connectivity index (χ0v) is 13.2. The van der Waals surface area contributed by atoms with Gasteiger partial charge in [-0.2, -0.15) is 0 Å². The molecular weight excluding hydrogens is 294 g/mol. The number of carbonyl (C=O) groups is 1. The summed E-state index contributed by atoms with van der Waals surface area (Å²) in [6.07, 6.45) is 0.840. The van der Waals surface area contributed by atoms with E-state index in [4.69, 9.17) is 14.2 Å². The molecule has 0 saturated heterocycles. The van der Waals surface area contributed by atoms with Gasteiger partial charge in [-0.15, -0.1) is 0 Å². The van der Waals surface area contributed by atoms with Crippen LogP contribution in [0.3, 0.4) is 0 Å². The lowest BCUT2D eigenvalue weighted by atomic mass is 10.0. The molecule has 0 radical (unpaired) electrons. The molecule has 0 saturated carbocycles. The first kappa shape index (κ1) is 15.0. The number of benzene rings is 2. The van der Waals surface area contributed by atoms with Crippen molar-refractivity contribution in [3.8, 4) is 28.5 Å². The molecule has 0 bridgehead atoms. The Morgan fingerprint density at radius 1 is 0.913 bits per heavy atom. The molecule has 1 N–H and O–H groups in total. The van der Waals surface area contributed by atoms with Crippen LogP contribution in [0.1, 0.15) is 10.4 Å². The van der Waals surface area contributed by atoms with Crippen LogP contribution < -0.4 is 14.2 Å². The lowest BCUT2D eigenvalue weighted by Crippen LogP contribution is -1.92. The van der Waals surface area contributed by atoms with Crippen LogP contribution in [0.5, 0.6) is 17.2 Å². The monoisotopic (exact) mass is 311 g/mol. The van der Waals surface area contributed by atoms with Gasteiger partial charge in [0.25, 0.3) is 0 Å². The van der Waals surface area contributed by atoms with E-state index in [9.17, 15) is 4.79 Å². The molecular formula is C18H17NO4. The van der Waals surface area contributed by atoms with Gasteiger partial charge < -0.3 is 19.2 Å². The highest BCUT2D eigenvalue weighted by molar-refractivity contribution is 6.05. The largest absolute Gasteiger partial charge is 0.497 e. The SMILES string of the molecule is COc1ccc(OC)c(-c2[nH]c3ccc(OC)cc3c2C=O)c1. The number of aromatic amines is 1. The second-order valence-corrected chi connectivity index (χ2v) is 5.01. The van der Waals surface area contributed by atoms with Crippen LogP contribution in [0.2, 0.25) is 0 Å². The molecule has 5 heteroatoms. The van der Waals surface area contributed by atoms with Crippen molar-refractivity contribution in [2.45, 2.75) is 0 Å². The standard InChI is InChI=1S/C18H17NO4/c1-21-11-4-6-16-13(8-11)15(10-20)18(19-16)14-9-12(22-2)5-7-17(14)23-3/h4-10,19H,1-3H3. The van der Waals surface area contributed by atoms with Crippen molar-refractivity contribution in [2.75, 3.05) is 21.3 Å². The summed E-state index contributed by atoms with van der Waals surface area (Å²) in [6.45, 7) is 0. The molecule has 0 fully saturated rings. The molecule has 2 aromatic carbocycles. The Labute approximate surface area is 133 Å². The number of methoxy groups -OCH3 is 3. The predicted octanol–water partition coefficient (Wildman–Crippen LogP) is 3.67. The Hall–Kier alpha value is -2.95. The molecule has 118 valence electrons. The number of carbonyl (C=O) groups excluding carboxylic acids is 1. The summed E-state index contributed by atoms with van der Waals surface area (Å²) in [6, 6.07) is 11.0. The zero-order valence-electron chi connectivity index (χ0n) is 13.2. The molecule has 0 aliphatic rings. The van der Waals surface area contributed by atoms with Crippen molar-refractivity contribution in [2.24, 2.45) is 0 Å². The van der Waals surface area contributed by atoms with E-state index in [1.165, 1.54) is 0 Å². The molecule has 3 rings (SSSR count). The highest BCUT2D eigenvalue weighted by Crippen LogP contribution is 2.38. The van der Waals surface area contributed by atoms with Crippen LogP contribution in [-0.2, 0) is 0 Å². The van der Waals surface area contributed by atoms with E-state index in [2.05, 4.69) is 4.98 Å². The van der Waals surface area contributed by atoms with Gasteiger partial charge >= 0.3 is 0 Å². The van der Waals surface area contributed by atoms with E-state index in [1.54, 1.807) is 21.3 Å². The van der Waals surface area contributed by atoms with Gasteiger partial charge in [0.1, 0.15) is 17.2 Å². The van der Waals surface area contributed by atoms with Crippen molar-refractivity contribution < 1.29 is 19.0 Å². The third-order valence-corrected chi connectivity index (χ3v) is 3.84.